The van der Waals surface area contributed by atoms with Crippen molar-refractivity contribution in [3.05, 3.63) is 34.9 Å². The van der Waals surface area contributed by atoms with Gasteiger partial charge in [0, 0.05) is 12.3 Å². The summed E-state index contributed by atoms with van der Waals surface area (Å²) in [5, 5.41) is 11.4. The van der Waals surface area contributed by atoms with E-state index < -0.39 is 46.0 Å². The van der Waals surface area contributed by atoms with Gasteiger partial charge in [-0.25, -0.2) is 0 Å². The van der Waals surface area contributed by atoms with E-state index in [0.29, 0.717) is 0 Å². The topological polar surface area (TPSA) is 88.5 Å². The minimum Gasteiger partial charge on any atom is -0.374 e. The molecule has 0 saturated heterocycles. The molecule has 0 heterocycles. The highest BCUT2D eigenvalue weighted by atomic mass is 16.3. The fourth-order valence-corrected chi connectivity index (χ4v) is 3.62. The number of hydrogen-bond donors (Lipinski definition) is 1. The summed E-state index contributed by atoms with van der Waals surface area (Å²) in [6, 6.07) is 0. The lowest BCUT2D eigenvalue weighted by Gasteiger charge is -2.44. The number of aliphatic hydroxyl groups is 1. The molecule has 1 aliphatic carbocycles. The maximum absolute atomic E-state index is 13.7. The molecule has 166 valence electrons. The summed E-state index contributed by atoms with van der Waals surface area (Å²) in [5.41, 5.74) is -1.41. The van der Waals surface area contributed by atoms with Gasteiger partial charge in [0.15, 0.2) is 28.7 Å². The zero-order valence-corrected chi connectivity index (χ0v) is 19.6. The third kappa shape index (κ3) is 5.12. The molecule has 0 aromatic rings. The Balaban J connectivity index is 3.82. The second-order valence-electron chi connectivity index (χ2n) is 9.45. The molecule has 2 atom stereocenters. The zero-order valence-electron chi connectivity index (χ0n) is 19.6. The molecule has 1 rings (SSSR count). The monoisotopic (exact) mass is 416 g/mol. The molecule has 1 fully saturated rings. The maximum Gasteiger partial charge on any atom is 0.190 e. The molecular weight excluding hydrogens is 380 g/mol. The maximum atomic E-state index is 13.7. The van der Waals surface area contributed by atoms with Crippen molar-refractivity contribution in [1.29, 1.82) is 0 Å². The Hall–Kier alpha value is -2.14. The predicted molar refractivity (Wildman–Crippen MR) is 118 cm³/mol. The van der Waals surface area contributed by atoms with E-state index in [9.17, 15) is 24.3 Å². The van der Waals surface area contributed by atoms with E-state index >= 15 is 0 Å². The van der Waals surface area contributed by atoms with Gasteiger partial charge in [-0.05, 0) is 54.4 Å². The Morgan fingerprint density at radius 1 is 0.833 bits per heavy atom. The van der Waals surface area contributed by atoms with Crippen LogP contribution >= 0.6 is 0 Å². The van der Waals surface area contributed by atoms with Crippen LogP contribution in [0, 0.1) is 17.3 Å². The first-order chi connectivity index (χ1) is 13.7. The van der Waals surface area contributed by atoms with Crippen molar-refractivity contribution in [2.75, 3.05) is 0 Å². The standard InChI is InChI=1S/C25H36O5/c1-15(2)9-12-24(13-10-16(3)4)21(27)19(20(26)18(7)8)22(28)25(30,23(24)29)14-11-17(5)6/h9-11,18-19,30H,12-14H2,1-8H3/t19-,25-/m1/s1. The van der Waals surface area contributed by atoms with Crippen LogP contribution in [-0.4, -0.2) is 33.8 Å². The third-order valence-electron chi connectivity index (χ3n) is 5.59. The fourth-order valence-electron chi connectivity index (χ4n) is 3.62. The second kappa shape index (κ2) is 9.78. The normalized spacial score (nSPS) is 23.3. The van der Waals surface area contributed by atoms with Gasteiger partial charge >= 0.3 is 0 Å². The number of allylic oxidation sites excluding steroid dienone is 5. The Morgan fingerprint density at radius 2 is 1.23 bits per heavy atom. The molecule has 0 aliphatic heterocycles. The summed E-state index contributed by atoms with van der Waals surface area (Å²) in [6.45, 7) is 14.2. The van der Waals surface area contributed by atoms with Crippen LogP contribution in [-0.2, 0) is 19.2 Å². The Labute approximate surface area is 180 Å². The first-order valence-electron chi connectivity index (χ1n) is 10.5. The number of carbonyl (C=O) groups is 4. The predicted octanol–water partition coefficient (Wildman–Crippen LogP) is 4.34. The first kappa shape index (κ1) is 25.9. The van der Waals surface area contributed by atoms with Crippen molar-refractivity contribution < 1.29 is 24.3 Å². The van der Waals surface area contributed by atoms with Crippen LogP contribution in [0.3, 0.4) is 0 Å². The van der Waals surface area contributed by atoms with Gasteiger partial charge < -0.3 is 5.11 Å². The molecular formula is C25H36O5. The van der Waals surface area contributed by atoms with Gasteiger partial charge in [-0.3, -0.25) is 19.2 Å². The summed E-state index contributed by atoms with van der Waals surface area (Å²) < 4.78 is 0. The van der Waals surface area contributed by atoms with Gasteiger partial charge in [-0.1, -0.05) is 48.8 Å². The molecule has 30 heavy (non-hydrogen) atoms. The summed E-state index contributed by atoms with van der Waals surface area (Å²) in [6.07, 6.45) is 4.99. The Bertz CT molecular complexity index is 792. The Morgan fingerprint density at radius 3 is 1.60 bits per heavy atom. The van der Waals surface area contributed by atoms with E-state index in [1.807, 2.05) is 27.7 Å². The van der Waals surface area contributed by atoms with Crippen LogP contribution in [0.5, 0.6) is 0 Å². The molecule has 0 spiro atoms. The van der Waals surface area contributed by atoms with Crippen LogP contribution in [0.1, 0.15) is 74.7 Å². The molecule has 0 aromatic heterocycles. The van der Waals surface area contributed by atoms with Crippen molar-refractivity contribution in [1.82, 2.24) is 0 Å². The second-order valence-corrected chi connectivity index (χ2v) is 9.45. The quantitative estimate of drug-likeness (QED) is 0.470. The number of hydrogen-bond acceptors (Lipinski definition) is 5. The number of carbonyl (C=O) groups excluding carboxylic acids is 4. The minimum atomic E-state index is -2.40. The van der Waals surface area contributed by atoms with E-state index in [-0.39, 0.29) is 19.3 Å². The van der Waals surface area contributed by atoms with Crippen LogP contribution < -0.4 is 0 Å². The number of Topliss-reactive ketones (excluding diaryl/α,β-unsaturated/α-hetero) is 4. The van der Waals surface area contributed by atoms with Crippen LogP contribution in [0.15, 0.2) is 34.9 Å². The van der Waals surface area contributed by atoms with E-state index in [2.05, 4.69) is 0 Å². The van der Waals surface area contributed by atoms with E-state index in [0.717, 1.165) is 16.7 Å². The highest BCUT2D eigenvalue weighted by Gasteiger charge is 2.65. The lowest BCUT2D eigenvalue weighted by molar-refractivity contribution is -0.173. The van der Waals surface area contributed by atoms with Crippen molar-refractivity contribution >= 4 is 23.1 Å². The molecule has 5 nitrogen and oxygen atoms in total. The first-order valence-corrected chi connectivity index (χ1v) is 10.5. The Kier molecular flexibility index (Phi) is 8.44. The van der Waals surface area contributed by atoms with E-state index in [1.165, 1.54) is 0 Å². The van der Waals surface area contributed by atoms with Crippen molar-refractivity contribution in [2.45, 2.75) is 80.3 Å². The molecule has 5 heteroatoms. The largest absolute Gasteiger partial charge is 0.374 e. The summed E-state index contributed by atoms with van der Waals surface area (Å²) in [4.78, 5) is 53.4. The highest BCUT2D eigenvalue weighted by Crippen LogP contribution is 2.45. The smallest absolute Gasteiger partial charge is 0.190 e. The van der Waals surface area contributed by atoms with Gasteiger partial charge in [0.05, 0.1) is 5.41 Å². The highest BCUT2D eigenvalue weighted by molar-refractivity contribution is 6.37. The third-order valence-corrected chi connectivity index (χ3v) is 5.59. The van der Waals surface area contributed by atoms with Crippen molar-refractivity contribution in [3.8, 4) is 0 Å². The fraction of sp³-hybridized carbons (Fsp3) is 0.600. The summed E-state index contributed by atoms with van der Waals surface area (Å²) >= 11 is 0. The lowest BCUT2D eigenvalue weighted by Crippen LogP contribution is -2.67. The average Bonchev–Trinajstić information content (AvgIpc) is 2.64. The van der Waals surface area contributed by atoms with Gasteiger partial charge in [-0.2, -0.15) is 0 Å². The van der Waals surface area contributed by atoms with E-state index in [4.69, 9.17) is 0 Å². The molecule has 0 bridgehead atoms. The van der Waals surface area contributed by atoms with Crippen LogP contribution in [0.4, 0.5) is 0 Å². The molecule has 0 amide bonds. The van der Waals surface area contributed by atoms with E-state index in [1.54, 1.807) is 45.9 Å². The number of ketones is 4. The molecule has 1 saturated carbocycles. The van der Waals surface area contributed by atoms with Gasteiger partial charge in [-0.15, -0.1) is 0 Å². The van der Waals surface area contributed by atoms with Gasteiger partial charge in [0.2, 0.25) is 0 Å². The zero-order chi connectivity index (χ0) is 23.4. The van der Waals surface area contributed by atoms with Crippen LogP contribution in [0.2, 0.25) is 0 Å². The molecule has 1 N–H and O–H groups in total. The minimum absolute atomic E-state index is 0.0447. The molecule has 0 unspecified atom stereocenters. The average molecular weight is 417 g/mol. The molecule has 1 aliphatic rings. The summed E-state index contributed by atoms with van der Waals surface area (Å²) in [5.74, 6) is -5.23. The van der Waals surface area contributed by atoms with Gasteiger partial charge in [0.25, 0.3) is 0 Å². The van der Waals surface area contributed by atoms with Crippen molar-refractivity contribution in [3.63, 3.8) is 0 Å². The van der Waals surface area contributed by atoms with Crippen molar-refractivity contribution in [2.24, 2.45) is 17.3 Å². The van der Waals surface area contributed by atoms with Gasteiger partial charge in [0.1, 0.15) is 5.92 Å². The van der Waals surface area contributed by atoms with Crippen LogP contribution in [0.25, 0.3) is 0 Å². The lowest BCUT2D eigenvalue weighted by atomic mass is 9.56. The summed E-state index contributed by atoms with van der Waals surface area (Å²) in [7, 11) is 0. The number of rotatable bonds is 8. The molecule has 0 aromatic carbocycles. The molecule has 0 radical (unpaired) electrons. The SMILES string of the molecule is CC(C)=CCC1(CC=C(C)C)C(=O)[C@@H](C(=O)C(C)C)C(=O)[C@](O)(CC=C(C)C)C1=O.